The molecule has 1 aromatic carbocycles. The van der Waals surface area contributed by atoms with E-state index in [0.717, 1.165) is 12.1 Å². The van der Waals surface area contributed by atoms with Crippen LogP contribution in [0, 0.1) is 5.82 Å². The van der Waals surface area contributed by atoms with Crippen LogP contribution in [0.2, 0.25) is 0 Å². The van der Waals surface area contributed by atoms with Gasteiger partial charge in [0.15, 0.2) is 0 Å². The van der Waals surface area contributed by atoms with E-state index in [-0.39, 0.29) is 19.0 Å². The Morgan fingerprint density at radius 3 is 3.08 bits per heavy atom. The normalized spacial score (nSPS) is 22.3. The van der Waals surface area contributed by atoms with Crippen molar-refractivity contribution in [3.63, 3.8) is 0 Å². The van der Waals surface area contributed by atoms with Crippen molar-refractivity contribution in [2.75, 3.05) is 32.9 Å². The summed E-state index contributed by atoms with van der Waals surface area (Å²) in [6.45, 7) is 2.59. The number of aryl methyl sites for hydroxylation is 1. The molecule has 2 aromatic rings. The second-order valence-corrected chi connectivity index (χ2v) is 6.26. The summed E-state index contributed by atoms with van der Waals surface area (Å²) in [5, 5.41) is 15.0. The molecule has 1 aliphatic rings. The summed E-state index contributed by atoms with van der Waals surface area (Å²) in [5.74, 6) is 0.0290. The minimum Gasteiger partial charge on any atom is -0.490 e. The van der Waals surface area contributed by atoms with Crippen LogP contribution in [0.25, 0.3) is 0 Å². The molecule has 0 unspecified atom stereocenters. The molecule has 0 aliphatic carbocycles. The van der Waals surface area contributed by atoms with Crippen LogP contribution in [-0.2, 0) is 18.3 Å². The molecule has 0 radical (unpaired) electrons. The molecule has 24 heavy (non-hydrogen) atoms. The van der Waals surface area contributed by atoms with Crippen molar-refractivity contribution in [2.24, 2.45) is 7.05 Å². The van der Waals surface area contributed by atoms with Gasteiger partial charge in [0.1, 0.15) is 23.8 Å². The van der Waals surface area contributed by atoms with E-state index in [4.69, 9.17) is 9.47 Å². The van der Waals surface area contributed by atoms with Crippen LogP contribution in [0.5, 0.6) is 5.75 Å². The van der Waals surface area contributed by atoms with E-state index in [0.29, 0.717) is 25.4 Å². The second kappa shape index (κ2) is 7.29. The lowest BCUT2D eigenvalue weighted by molar-refractivity contribution is -0.0647. The number of benzene rings is 1. The smallest absolute Gasteiger partial charge is 0.134 e. The molecule has 0 saturated carbocycles. The summed E-state index contributed by atoms with van der Waals surface area (Å²) < 4.78 is 26.1. The Labute approximate surface area is 140 Å². The monoisotopic (exact) mass is 335 g/mol. The predicted molar refractivity (Wildman–Crippen MR) is 86.1 cm³/mol. The number of nitrogens with zero attached hydrogens (tertiary/aromatic N) is 3. The zero-order chi connectivity index (χ0) is 17.0. The molecular weight excluding hydrogens is 313 g/mol. The minimum atomic E-state index is -1.15. The minimum absolute atomic E-state index is 0.0417. The van der Waals surface area contributed by atoms with Gasteiger partial charge in [-0.25, -0.2) is 4.39 Å². The molecule has 2 heterocycles. The van der Waals surface area contributed by atoms with Crippen molar-refractivity contribution in [3.05, 3.63) is 48.0 Å². The lowest BCUT2D eigenvalue weighted by Crippen LogP contribution is -2.48. The van der Waals surface area contributed by atoms with Crippen LogP contribution in [0.3, 0.4) is 0 Å². The average molecular weight is 335 g/mol. The summed E-state index contributed by atoms with van der Waals surface area (Å²) in [6, 6.07) is 5.89. The molecule has 0 bridgehead atoms. The van der Waals surface area contributed by atoms with Crippen LogP contribution in [0.4, 0.5) is 4.39 Å². The van der Waals surface area contributed by atoms with Crippen LogP contribution < -0.4 is 4.74 Å². The lowest BCUT2D eigenvalue weighted by Gasteiger charge is -2.30. The SMILES string of the molecule is Cn1cc(CN2CCOC[C@@](O)(COc3cccc(F)c3)C2)cn1. The Hall–Kier alpha value is -1.96. The summed E-state index contributed by atoms with van der Waals surface area (Å²) in [7, 11) is 1.87. The summed E-state index contributed by atoms with van der Waals surface area (Å²) in [4.78, 5) is 2.11. The standard InChI is InChI=1S/C17H22FN3O3/c1-20-9-14(8-19-20)10-21-5-6-23-12-17(22,11-21)13-24-16-4-2-3-15(18)7-16/h2-4,7-9,22H,5-6,10-13H2,1H3/t17-/m1/s1. The molecule has 1 aromatic heterocycles. The number of ether oxygens (including phenoxy) is 2. The van der Waals surface area contributed by atoms with Gasteiger partial charge in [-0.15, -0.1) is 0 Å². The third-order valence-corrected chi connectivity index (χ3v) is 3.91. The molecule has 3 rings (SSSR count). The zero-order valence-corrected chi connectivity index (χ0v) is 13.7. The highest BCUT2D eigenvalue weighted by Gasteiger charge is 2.33. The third-order valence-electron chi connectivity index (χ3n) is 3.91. The molecule has 0 spiro atoms. The van der Waals surface area contributed by atoms with E-state index in [9.17, 15) is 9.50 Å². The van der Waals surface area contributed by atoms with Gasteiger partial charge in [0.05, 0.1) is 19.4 Å². The molecule has 1 N–H and O–H groups in total. The van der Waals surface area contributed by atoms with Crippen molar-refractivity contribution >= 4 is 0 Å². The number of aliphatic hydroxyl groups is 1. The fraction of sp³-hybridized carbons (Fsp3) is 0.471. The fourth-order valence-electron chi connectivity index (χ4n) is 2.81. The molecule has 130 valence electrons. The van der Waals surface area contributed by atoms with Gasteiger partial charge >= 0.3 is 0 Å². The van der Waals surface area contributed by atoms with Crippen molar-refractivity contribution in [1.82, 2.24) is 14.7 Å². The maximum Gasteiger partial charge on any atom is 0.134 e. The van der Waals surface area contributed by atoms with Crippen molar-refractivity contribution in [3.8, 4) is 5.75 Å². The van der Waals surface area contributed by atoms with Gasteiger partial charge in [0, 0.05) is 44.5 Å². The van der Waals surface area contributed by atoms with Gasteiger partial charge < -0.3 is 14.6 Å². The average Bonchev–Trinajstić information content (AvgIpc) is 2.85. The molecule has 1 aliphatic heterocycles. The Balaban J connectivity index is 1.62. The molecule has 0 amide bonds. The molecule has 6 nitrogen and oxygen atoms in total. The number of hydrogen-bond donors (Lipinski definition) is 1. The van der Waals surface area contributed by atoms with E-state index >= 15 is 0 Å². The molecule has 1 fully saturated rings. The Bertz CT molecular complexity index is 679. The van der Waals surface area contributed by atoms with Gasteiger partial charge in [0.25, 0.3) is 0 Å². The topological polar surface area (TPSA) is 59.8 Å². The third kappa shape index (κ3) is 4.53. The number of rotatable bonds is 5. The highest BCUT2D eigenvalue weighted by molar-refractivity contribution is 5.22. The Morgan fingerprint density at radius 2 is 2.33 bits per heavy atom. The fourth-order valence-corrected chi connectivity index (χ4v) is 2.81. The number of aromatic nitrogens is 2. The summed E-state index contributed by atoms with van der Waals surface area (Å²) >= 11 is 0. The molecule has 7 heteroatoms. The molecule has 1 atom stereocenters. The van der Waals surface area contributed by atoms with Gasteiger partial charge in [-0.2, -0.15) is 5.10 Å². The first-order chi connectivity index (χ1) is 11.5. The van der Waals surface area contributed by atoms with Crippen molar-refractivity contribution in [1.29, 1.82) is 0 Å². The van der Waals surface area contributed by atoms with E-state index in [1.165, 1.54) is 12.1 Å². The van der Waals surface area contributed by atoms with E-state index in [1.807, 2.05) is 19.4 Å². The van der Waals surface area contributed by atoms with Crippen LogP contribution >= 0.6 is 0 Å². The van der Waals surface area contributed by atoms with Crippen molar-refractivity contribution in [2.45, 2.75) is 12.1 Å². The quantitative estimate of drug-likeness (QED) is 0.890. The Morgan fingerprint density at radius 1 is 1.46 bits per heavy atom. The second-order valence-electron chi connectivity index (χ2n) is 6.26. The maximum atomic E-state index is 13.2. The Kier molecular flexibility index (Phi) is 5.13. The van der Waals surface area contributed by atoms with Crippen LogP contribution in [-0.4, -0.2) is 58.3 Å². The summed E-state index contributed by atoms with van der Waals surface area (Å²) in [6.07, 6.45) is 3.77. The largest absolute Gasteiger partial charge is 0.490 e. The van der Waals surface area contributed by atoms with Gasteiger partial charge in [-0.05, 0) is 12.1 Å². The van der Waals surface area contributed by atoms with E-state index in [1.54, 1.807) is 16.8 Å². The first-order valence-electron chi connectivity index (χ1n) is 7.91. The van der Waals surface area contributed by atoms with Gasteiger partial charge in [-0.3, -0.25) is 9.58 Å². The highest BCUT2D eigenvalue weighted by atomic mass is 19.1. The van der Waals surface area contributed by atoms with Gasteiger partial charge in [0.2, 0.25) is 0 Å². The van der Waals surface area contributed by atoms with Crippen molar-refractivity contribution < 1.29 is 19.0 Å². The summed E-state index contributed by atoms with van der Waals surface area (Å²) in [5.41, 5.74) is -0.0711. The van der Waals surface area contributed by atoms with E-state index in [2.05, 4.69) is 10.00 Å². The first kappa shape index (κ1) is 16.9. The van der Waals surface area contributed by atoms with Crippen LogP contribution in [0.1, 0.15) is 5.56 Å². The maximum absolute atomic E-state index is 13.2. The number of β-amino-alcohol motifs (C(OH)–C–C–N with tert-alkyl or cyclic N) is 1. The predicted octanol–water partition coefficient (Wildman–Crippen LogP) is 1.20. The highest BCUT2D eigenvalue weighted by Crippen LogP contribution is 2.18. The number of halogens is 1. The lowest BCUT2D eigenvalue weighted by atomic mass is 10.1. The number of hydrogen-bond acceptors (Lipinski definition) is 5. The zero-order valence-electron chi connectivity index (χ0n) is 13.7. The first-order valence-corrected chi connectivity index (χ1v) is 7.91. The molecular formula is C17H22FN3O3. The molecule has 1 saturated heterocycles. The van der Waals surface area contributed by atoms with Crippen LogP contribution in [0.15, 0.2) is 36.7 Å². The van der Waals surface area contributed by atoms with E-state index < -0.39 is 5.60 Å². The van der Waals surface area contributed by atoms with Gasteiger partial charge in [-0.1, -0.05) is 6.07 Å².